The summed E-state index contributed by atoms with van der Waals surface area (Å²) >= 11 is 1.29. The first-order chi connectivity index (χ1) is 21.7. The summed E-state index contributed by atoms with van der Waals surface area (Å²) in [5, 5.41) is 5.38. The van der Waals surface area contributed by atoms with E-state index in [4.69, 9.17) is 0 Å². The number of alkyl carbamates (subject to hydrolysis) is 1. The van der Waals surface area contributed by atoms with Crippen molar-refractivity contribution in [2.75, 3.05) is 29.8 Å². The van der Waals surface area contributed by atoms with E-state index in [-0.39, 0.29) is 16.0 Å². The highest BCUT2D eigenvalue weighted by Gasteiger charge is 2.31. The van der Waals surface area contributed by atoms with Crippen molar-refractivity contribution in [1.29, 1.82) is 0 Å². The van der Waals surface area contributed by atoms with Crippen LogP contribution < -0.4 is 14.9 Å². The summed E-state index contributed by atoms with van der Waals surface area (Å²) in [5.74, 6) is -1.16. The second kappa shape index (κ2) is 12.8. The minimum absolute atomic E-state index is 0.0824. The molecule has 0 radical (unpaired) electrons. The van der Waals surface area contributed by atoms with Crippen LogP contribution in [0.5, 0.6) is 0 Å². The van der Waals surface area contributed by atoms with Gasteiger partial charge in [-0.1, -0.05) is 48.5 Å². The summed E-state index contributed by atoms with van der Waals surface area (Å²) in [6, 6.07) is 23.3. The number of imide groups is 1. The van der Waals surface area contributed by atoms with Gasteiger partial charge in [-0.3, -0.25) is 24.1 Å². The van der Waals surface area contributed by atoms with Crippen molar-refractivity contribution in [2.45, 2.75) is 37.2 Å². The molecule has 10 nitrogen and oxygen atoms in total. The van der Waals surface area contributed by atoms with Crippen molar-refractivity contribution in [3.05, 3.63) is 112 Å². The molecule has 6 rings (SSSR count). The number of benzene rings is 3. The first-order valence-corrected chi connectivity index (χ1v) is 16.8. The maximum absolute atomic E-state index is 13.5. The first-order valence-electron chi connectivity index (χ1n) is 14.6. The SMILES string of the molecule is COC(=O)NC(=O)c1c(NC(=O)c2ccc(S(=O)(=O)N3CCCc4ccccc43)cc2)sc2c1CCN(Cc1ccccc1)C2. The van der Waals surface area contributed by atoms with Gasteiger partial charge >= 0.3 is 6.09 Å². The maximum Gasteiger partial charge on any atom is 0.413 e. The smallest absolute Gasteiger partial charge is 0.413 e. The molecule has 3 aromatic carbocycles. The number of ether oxygens (including phenoxy) is 1. The van der Waals surface area contributed by atoms with E-state index in [1.54, 1.807) is 0 Å². The third-order valence-electron chi connectivity index (χ3n) is 8.01. The van der Waals surface area contributed by atoms with Crippen LogP contribution in [0.2, 0.25) is 0 Å². The van der Waals surface area contributed by atoms with Gasteiger partial charge in [-0.15, -0.1) is 11.3 Å². The number of carbonyl (C=O) groups is 3. The molecule has 2 aliphatic heterocycles. The lowest BCUT2D eigenvalue weighted by molar-refractivity contribution is 0.0936. The maximum atomic E-state index is 13.5. The number of sulfonamides is 1. The fraction of sp³-hybridized carbons (Fsp3) is 0.242. The monoisotopic (exact) mass is 644 g/mol. The number of thiophene rings is 1. The average Bonchev–Trinajstić information content (AvgIpc) is 3.41. The van der Waals surface area contributed by atoms with E-state index < -0.39 is 27.9 Å². The normalized spacial score (nSPS) is 14.6. The molecule has 2 N–H and O–H groups in total. The summed E-state index contributed by atoms with van der Waals surface area (Å²) in [7, 11) is -2.67. The molecule has 0 bridgehead atoms. The van der Waals surface area contributed by atoms with E-state index in [2.05, 4.69) is 32.4 Å². The third kappa shape index (κ3) is 6.35. The van der Waals surface area contributed by atoms with Crippen LogP contribution in [0, 0.1) is 0 Å². The van der Waals surface area contributed by atoms with Crippen LogP contribution in [0.25, 0.3) is 0 Å². The van der Waals surface area contributed by atoms with Gasteiger partial charge in [0.2, 0.25) is 0 Å². The Balaban J connectivity index is 1.23. The number of fused-ring (bicyclic) bond motifs is 2. The Bertz CT molecular complexity index is 1860. The van der Waals surface area contributed by atoms with Crippen molar-refractivity contribution in [3.8, 4) is 0 Å². The van der Waals surface area contributed by atoms with E-state index in [9.17, 15) is 22.8 Å². The highest BCUT2D eigenvalue weighted by molar-refractivity contribution is 7.92. The molecule has 12 heteroatoms. The van der Waals surface area contributed by atoms with Crippen LogP contribution in [0.15, 0.2) is 83.8 Å². The van der Waals surface area contributed by atoms with Gasteiger partial charge in [-0.2, -0.15) is 0 Å². The molecule has 3 heterocycles. The molecule has 2 aliphatic rings. The van der Waals surface area contributed by atoms with Gasteiger partial charge in [0.15, 0.2) is 0 Å². The molecule has 232 valence electrons. The molecule has 3 amide bonds. The Labute approximate surface area is 265 Å². The molecule has 0 fully saturated rings. The summed E-state index contributed by atoms with van der Waals surface area (Å²) in [5.41, 5.74) is 4.07. The highest BCUT2D eigenvalue weighted by Crippen LogP contribution is 2.38. The Hall–Kier alpha value is -4.52. The minimum Gasteiger partial charge on any atom is -0.453 e. The molecule has 0 saturated heterocycles. The number of rotatable bonds is 7. The molecule has 1 aromatic heterocycles. The molecule has 4 aromatic rings. The predicted molar refractivity (Wildman–Crippen MR) is 172 cm³/mol. The largest absolute Gasteiger partial charge is 0.453 e. The number of carbonyl (C=O) groups excluding carboxylic acids is 3. The molecule has 0 unspecified atom stereocenters. The second-order valence-electron chi connectivity index (χ2n) is 10.9. The van der Waals surface area contributed by atoms with Gasteiger partial charge in [0.05, 0.1) is 23.3 Å². The van der Waals surface area contributed by atoms with Crippen molar-refractivity contribution >= 4 is 50.0 Å². The van der Waals surface area contributed by atoms with Crippen molar-refractivity contribution in [1.82, 2.24) is 10.2 Å². The highest BCUT2D eigenvalue weighted by atomic mass is 32.2. The van der Waals surface area contributed by atoms with Crippen LogP contribution >= 0.6 is 11.3 Å². The van der Waals surface area contributed by atoms with Gasteiger partial charge in [0.1, 0.15) is 5.00 Å². The van der Waals surface area contributed by atoms with Crippen LogP contribution in [-0.2, 0) is 40.7 Å². The number of nitrogens with zero attached hydrogens (tertiary/aromatic N) is 2. The summed E-state index contributed by atoms with van der Waals surface area (Å²) in [4.78, 5) is 41.8. The fourth-order valence-electron chi connectivity index (χ4n) is 5.80. The zero-order chi connectivity index (χ0) is 31.6. The lowest BCUT2D eigenvalue weighted by Gasteiger charge is -2.30. The van der Waals surface area contributed by atoms with Crippen molar-refractivity contribution in [2.24, 2.45) is 0 Å². The lowest BCUT2D eigenvalue weighted by Crippen LogP contribution is -2.35. The average molecular weight is 645 g/mol. The Morgan fingerprint density at radius 1 is 0.889 bits per heavy atom. The van der Waals surface area contributed by atoms with E-state index in [1.807, 2.05) is 42.5 Å². The summed E-state index contributed by atoms with van der Waals surface area (Å²) in [6.45, 7) is 2.39. The molecule has 45 heavy (non-hydrogen) atoms. The van der Waals surface area contributed by atoms with Crippen LogP contribution in [0.4, 0.5) is 15.5 Å². The second-order valence-corrected chi connectivity index (χ2v) is 13.9. The van der Waals surface area contributed by atoms with Gasteiger partial charge in [0.25, 0.3) is 21.8 Å². The molecule has 0 atom stereocenters. The number of nitrogens with one attached hydrogen (secondary N) is 2. The number of para-hydroxylation sites is 1. The van der Waals surface area contributed by atoms with E-state index in [0.29, 0.717) is 36.7 Å². The van der Waals surface area contributed by atoms with Gasteiger partial charge in [0, 0.05) is 36.6 Å². The molecule has 0 aliphatic carbocycles. The number of amides is 3. The van der Waals surface area contributed by atoms with Gasteiger partial charge in [-0.05, 0) is 66.3 Å². The van der Waals surface area contributed by atoms with Crippen LogP contribution in [0.3, 0.4) is 0 Å². The molecular formula is C33H32N4O6S2. The third-order valence-corrected chi connectivity index (χ3v) is 11.0. The quantitative estimate of drug-likeness (QED) is 0.284. The number of methoxy groups -OCH3 is 1. The fourth-order valence-corrected chi connectivity index (χ4v) is 8.62. The zero-order valence-corrected chi connectivity index (χ0v) is 26.2. The summed E-state index contributed by atoms with van der Waals surface area (Å²) < 4.78 is 33.1. The Morgan fingerprint density at radius 2 is 1.62 bits per heavy atom. The van der Waals surface area contributed by atoms with Crippen LogP contribution in [-0.4, -0.2) is 51.4 Å². The molecule has 0 saturated carbocycles. The number of anilines is 2. The number of hydrogen-bond donors (Lipinski definition) is 2. The molecule has 0 spiro atoms. The van der Waals surface area contributed by atoms with E-state index in [0.717, 1.165) is 35.4 Å². The number of hydrogen-bond acceptors (Lipinski definition) is 8. The molecular weight excluding hydrogens is 613 g/mol. The summed E-state index contributed by atoms with van der Waals surface area (Å²) in [6.07, 6.45) is 1.20. The lowest BCUT2D eigenvalue weighted by atomic mass is 10.0. The van der Waals surface area contributed by atoms with Gasteiger partial charge in [-0.25, -0.2) is 13.2 Å². The first kappa shape index (κ1) is 30.5. The van der Waals surface area contributed by atoms with E-state index >= 15 is 0 Å². The van der Waals surface area contributed by atoms with Crippen molar-refractivity contribution in [3.63, 3.8) is 0 Å². The number of aryl methyl sites for hydroxylation is 1. The minimum atomic E-state index is -3.84. The Morgan fingerprint density at radius 3 is 2.38 bits per heavy atom. The van der Waals surface area contributed by atoms with E-state index in [1.165, 1.54) is 52.6 Å². The Kier molecular flexibility index (Phi) is 8.70. The topological polar surface area (TPSA) is 125 Å². The standard InChI is InChI=1S/C33H32N4O6S2/c1-43-33(40)35-31(39)29-26-17-19-36(20-22-8-3-2-4-9-22)21-28(26)44-32(29)34-30(38)24-13-15-25(16-14-24)45(41,42)37-18-7-11-23-10-5-6-12-27(23)37/h2-6,8-10,12-16H,7,11,17-21H2,1H3,(H,34,38)(H,35,39,40). The van der Waals surface area contributed by atoms with Gasteiger partial charge < -0.3 is 10.1 Å². The van der Waals surface area contributed by atoms with Crippen molar-refractivity contribution < 1.29 is 27.5 Å². The van der Waals surface area contributed by atoms with Crippen LogP contribution in [0.1, 0.15) is 48.7 Å². The zero-order valence-electron chi connectivity index (χ0n) is 24.6. The predicted octanol–water partition coefficient (Wildman–Crippen LogP) is 5.20.